The van der Waals surface area contributed by atoms with Gasteiger partial charge in [-0.1, -0.05) is 19.9 Å². The highest BCUT2D eigenvalue weighted by molar-refractivity contribution is 6.20. The Balaban J connectivity index is 1.75. The lowest BCUT2D eigenvalue weighted by molar-refractivity contribution is -0.186. The average Bonchev–Trinajstić information content (AvgIpc) is 3.69. The molecule has 1 aliphatic rings. The first-order valence-electron chi connectivity index (χ1n) is 17.3. The maximum atomic E-state index is 14.3. The minimum Gasteiger partial charge on any atom is -0.497 e. The minimum absolute atomic E-state index is 0.0201. The molecule has 0 saturated heterocycles. The number of amides is 1. The van der Waals surface area contributed by atoms with E-state index in [4.69, 9.17) is 37.8 Å². The van der Waals surface area contributed by atoms with E-state index in [9.17, 15) is 14.4 Å². The van der Waals surface area contributed by atoms with Gasteiger partial charge in [0.2, 0.25) is 5.75 Å². The van der Waals surface area contributed by atoms with Crippen LogP contribution >= 0.6 is 0 Å². The number of methoxy groups -OCH3 is 2. The van der Waals surface area contributed by atoms with Gasteiger partial charge in [-0.15, -0.1) is 0 Å². The molecule has 1 amide bonds. The Morgan fingerprint density at radius 2 is 1.53 bits per heavy atom. The van der Waals surface area contributed by atoms with Crippen LogP contribution in [0.2, 0.25) is 0 Å². The molecule has 1 aliphatic heterocycles. The van der Waals surface area contributed by atoms with Crippen molar-refractivity contribution in [2.45, 2.75) is 78.9 Å². The van der Waals surface area contributed by atoms with Crippen LogP contribution in [0.3, 0.4) is 0 Å². The van der Waals surface area contributed by atoms with E-state index in [1.165, 1.54) is 14.2 Å². The van der Waals surface area contributed by atoms with Crippen molar-refractivity contribution in [1.29, 1.82) is 0 Å². The van der Waals surface area contributed by atoms with Crippen LogP contribution in [-0.2, 0) is 36.0 Å². The van der Waals surface area contributed by atoms with E-state index in [0.29, 0.717) is 50.7 Å². The summed E-state index contributed by atoms with van der Waals surface area (Å²) in [6.07, 6.45) is -1.47. The van der Waals surface area contributed by atoms with E-state index in [1.54, 1.807) is 75.4 Å². The molecular weight excluding hydrogens is 686 g/mol. The Bertz CT molecular complexity index is 1980. The Labute approximate surface area is 307 Å². The molecular formula is C39H45N3O11. The molecule has 2 unspecified atom stereocenters. The SMILES string of the molecule is CCOC(=O)C(NC(=O)OC1(c2ccc(OC)cc2)OC(=O)C(c2ccc3nonc3c2)=C1Cc1cc(OC)c(OC(C)C)c(OC(C)C)c1)C(C)C. The summed E-state index contributed by atoms with van der Waals surface area (Å²) in [5.74, 6) is -2.21. The molecule has 2 atom stereocenters. The molecule has 0 aliphatic carbocycles. The fourth-order valence-corrected chi connectivity index (χ4v) is 5.95. The van der Waals surface area contributed by atoms with E-state index in [0.717, 1.165) is 0 Å². The topological polar surface area (TPSA) is 167 Å². The number of rotatable bonds is 15. The first kappa shape index (κ1) is 38.4. The van der Waals surface area contributed by atoms with Crippen LogP contribution in [0.4, 0.5) is 4.79 Å². The van der Waals surface area contributed by atoms with Crippen LogP contribution in [0.1, 0.15) is 65.2 Å². The molecule has 3 aromatic carbocycles. The lowest BCUT2D eigenvalue weighted by Crippen LogP contribution is -2.48. The summed E-state index contributed by atoms with van der Waals surface area (Å²) in [7, 11) is 3.03. The lowest BCUT2D eigenvalue weighted by atomic mass is 9.87. The molecule has 0 saturated carbocycles. The predicted octanol–water partition coefficient (Wildman–Crippen LogP) is 6.53. The number of nitrogens with one attached hydrogen (secondary N) is 1. The van der Waals surface area contributed by atoms with Crippen LogP contribution in [0.25, 0.3) is 16.6 Å². The predicted molar refractivity (Wildman–Crippen MR) is 193 cm³/mol. The molecule has 0 fully saturated rings. The van der Waals surface area contributed by atoms with Crippen molar-refractivity contribution in [2.24, 2.45) is 5.92 Å². The highest BCUT2D eigenvalue weighted by Gasteiger charge is 2.53. The van der Waals surface area contributed by atoms with E-state index >= 15 is 0 Å². The monoisotopic (exact) mass is 731 g/mol. The first-order valence-corrected chi connectivity index (χ1v) is 17.3. The molecule has 53 heavy (non-hydrogen) atoms. The second-order valence-electron chi connectivity index (χ2n) is 13.2. The van der Waals surface area contributed by atoms with Crippen molar-refractivity contribution in [2.75, 3.05) is 20.8 Å². The minimum atomic E-state index is -2.14. The van der Waals surface area contributed by atoms with Crippen LogP contribution < -0.4 is 24.3 Å². The molecule has 1 N–H and O–H groups in total. The van der Waals surface area contributed by atoms with Gasteiger partial charge in [0.15, 0.2) is 11.5 Å². The van der Waals surface area contributed by atoms with E-state index in [1.807, 2.05) is 27.7 Å². The van der Waals surface area contributed by atoms with Crippen molar-refractivity contribution in [3.8, 4) is 23.0 Å². The number of esters is 2. The molecule has 0 bridgehead atoms. The van der Waals surface area contributed by atoms with Crippen molar-refractivity contribution in [3.63, 3.8) is 0 Å². The summed E-state index contributed by atoms with van der Waals surface area (Å²) < 4.78 is 46.1. The first-order chi connectivity index (χ1) is 25.3. The number of cyclic esters (lactones) is 1. The number of ether oxygens (including phenoxy) is 7. The molecule has 5 rings (SSSR count). The van der Waals surface area contributed by atoms with Crippen LogP contribution in [0.5, 0.6) is 23.0 Å². The zero-order chi connectivity index (χ0) is 38.4. The second kappa shape index (κ2) is 16.3. The molecule has 2 heterocycles. The maximum absolute atomic E-state index is 14.3. The van der Waals surface area contributed by atoms with Crippen LogP contribution in [0, 0.1) is 5.92 Å². The van der Waals surface area contributed by atoms with Crippen molar-refractivity contribution in [3.05, 3.63) is 76.9 Å². The number of hydrogen-bond acceptors (Lipinski definition) is 13. The van der Waals surface area contributed by atoms with Crippen LogP contribution in [-0.4, -0.2) is 67.4 Å². The number of fused-ring (bicyclic) bond motifs is 1. The van der Waals surface area contributed by atoms with E-state index in [2.05, 4.69) is 15.6 Å². The molecule has 0 spiro atoms. The third kappa shape index (κ3) is 8.32. The average molecular weight is 732 g/mol. The number of aromatic nitrogens is 2. The summed E-state index contributed by atoms with van der Waals surface area (Å²) in [6.45, 7) is 12.9. The molecule has 0 radical (unpaired) electrons. The highest BCUT2D eigenvalue weighted by Crippen LogP contribution is 2.49. The summed E-state index contributed by atoms with van der Waals surface area (Å²) >= 11 is 0. The molecule has 1 aromatic heterocycles. The van der Waals surface area contributed by atoms with Crippen LogP contribution in [0.15, 0.2) is 64.8 Å². The van der Waals surface area contributed by atoms with Gasteiger partial charge >= 0.3 is 23.8 Å². The third-order valence-electron chi connectivity index (χ3n) is 8.27. The zero-order valence-electron chi connectivity index (χ0n) is 31.3. The number of hydrogen-bond donors (Lipinski definition) is 1. The summed E-state index contributed by atoms with van der Waals surface area (Å²) in [6, 6.07) is 14.0. The van der Waals surface area contributed by atoms with Gasteiger partial charge in [-0.2, -0.15) is 0 Å². The van der Waals surface area contributed by atoms with Gasteiger partial charge in [0.1, 0.15) is 22.8 Å². The van der Waals surface area contributed by atoms with E-state index < -0.39 is 29.9 Å². The number of carbonyl (C=O) groups excluding carboxylic acids is 3. The largest absolute Gasteiger partial charge is 0.497 e. The smallest absolute Gasteiger partial charge is 0.411 e. The zero-order valence-corrected chi connectivity index (χ0v) is 31.3. The Morgan fingerprint density at radius 1 is 0.849 bits per heavy atom. The van der Waals surface area contributed by atoms with E-state index in [-0.39, 0.29) is 42.3 Å². The number of benzene rings is 3. The highest BCUT2D eigenvalue weighted by atomic mass is 16.7. The number of carbonyl (C=O) groups is 3. The van der Waals surface area contributed by atoms with Gasteiger partial charge in [0.25, 0.3) is 0 Å². The third-order valence-corrected chi connectivity index (χ3v) is 8.27. The van der Waals surface area contributed by atoms with Gasteiger partial charge in [-0.25, -0.2) is 19.0 Å². The van der Waals surface area contributed by atoms with Gasteiger partial charge in [-0.3, -0.25) is 0 Å². The molecule has 14 nitrogen and oxygen atoms in total. The summed E-state index contributed by atoms with van der Waals surface area (Å²) in [5, 5.41) is 10.5. The van der Waals surface area contributed by atoms with Gasteiger partial charge in [0.05, 0.1) is 38.6 Å². The summed E-state index contributed by atoms with van der Waals surface area (Å²) in [5.41, 5.74) is 2.53. The second-order valence-corrected chi connectivity index (χ2v) is 13.2. The van der Waals surface area contributed by atoms with Gasteiger partial charge in [-0.05, 0) is 111 Å². The number of alkyl carbamates (subject to hydrolysis) is 1. The quantitative estimate of drug-likeness (QED) is 0.131. The van der Waals surface area contributed by atoms with Gasteiger partial charge in [0, 0.05) is 17.6 Å². The fraction of sp³-hybridized carbons (Fsp3) is 0.410. The van der Waals surface area contributed by atoms with Crippen molar-refractivity contribution >= 4 is 34.6 Å². The fourth-order valence-electron chi connectivity index (χ4n) is 5.95. The van der Waals surface area contributed by atoms with Crippen molar-refractivity contribution in [1.82, 2.24) is 15.6 Å². The Morgan fingerprint density at radius 3 is 2.15 bits per heavy atom. The Hall–Kier alpha value is -5.79. The Kier molecular flexibility index (Phi) is 11.8. The van der Waals surface area contributed by atoms with Crippen molar-refractivity contribution < 1.29 is 52.2 Å². The maximum Gasteiger partial charge on any atom is 0.411 e. The molecule has 4 aromatic rings. The molecule has 14 heteroatoms. The number of nitrogens with zero attached hydrogens (tertiary/aromatic N) is 2. The van der Waals surface area contributed by atoms with Gasteiger partial charge < -0.3 is 38.5 Å². The standard InChI is InChI=1S/C39H45N3O11/c1-10-48-37(44)34(21(2)3)40-38(45)52-39(26-12-14-27(46-8)15-13-26)28(33(36(43)51-39)25-11-16-29-30(20-25)42-53-41-29)17-24-18-31(47-9)35(50-23(6)7)32(19-24)49-22(4)5/h11-16,18-23,34H,10,17H2,1-9H3,(H,40,45). The molecule has 282 valence electrons. The lowest BCUT2D eigenvalue weighted by Gasteiger charge is -2.32. The summed E-state index contributed by atoms with van der Waals surface area (Å²) in [4.78, 5) is 41.1. The normalized spacial score (nSPS) is 16.2.